The minimum Gasteiger partial charge on any atom is -0.381 e. The molecule has 2 unspecified atom stereocenters. The largest absolute Gasteiger partial charge is 0.381 e. The molecule has 1 aliphatic carbocycles. The van der Waals surface area contributed by atoms with Crippen LogP contribution in [0.15, 0.2) is 0 Å². The second kappa shape index (κ2) is 5.12. The number of amides is 1. The van der Waals surface area contributed by atoms with Crippen LogP contribution in [-0.2, 0) is 9.53 Å². The Hall–Kier alpha value is -0.320. The van der Waals surface area contributed by atoms with Gasteiger partial charge in [-0.15, -0.1) is 12.4 Å². The molecule has 3 rings (SSSR count). The van der Waals surface area contributed by atoms with Gasteiger partial charge in [0.05, 0.1) is 6.61 Å². The number of carbonyl (C=O) groups excluding carboxylic acids is 1. The summed E-state index contributed by atoms with van der Waals surface area (Å²) in [5.41, 5.74) is 0.267. The average Bonchev–Trinajstić information content (AvgIpc) is 3.06. The van der Waals surface area contributed by atoms with Crippen molar-refractivity contribution in [1.82, 2.24) is 10.6 Å². The van der Waals surface area contributed by atoms with Crippen LogP contribution < -0.4 is 10.6 Å². The molecule has 0 bridgehead atoms. The van der Waals surface area contributed by atoms with E-state index in [0.717, 1.165) is 52.1 Å². The van der Waals surface area contributed by atoms with Crippen LogP contribution in [0.4, 0.5) is 0 Å². The lowest BCUT2D eigenvalue weighted by atomic mass is 9.74. The summed E-state index contributed by atoms with van der Waals surface area (Å²) < 4.78 is 5.52. The third-order valence-corrected chi connectivity index (χ3v) is 4.36. The Balaban J connectivity index is 0.00000108. The normalized spacial score (nSPS) is 35.9. The van der Waals surface area contributed by atoms with Crippen LogP contribution in [-0.4, -0.2) is 38.8 Å². The second-order valence-corrected chi connectivity index (χ2v) is 5.51. The number of halogens is 1. The van der Waals surface area contributed by atoms with E-state index in [9.17, 15) is 4.79 Å². The first-order valence-electron chi connectivity index (χ1n) is 6.36. The highest BCUT2D eigenvalue weighted by Gasteiger charge is 2.45. The Labute approximate surface area is 108 Å². The van der Waals surface area contributed by atoms with Crippen LogP contribution in [0.5, 0.6) is 0 Å². The number of hydrogen-bond donors (Lipinski definition) is 2. The van der Waals surface area contributed by atoms with Gasteiger partial charge in [-0.05, 0) is 19.3 Å². The number of fused-ring (bicyclic) bond motifs is 1. The maximum atomic E-state index is 11.7. The third kappa shape index (κ3) is 2.59. The highest BCUT2D eigenvalue weighted by molar-refractivity contribution is 5.85. The van der Waals surface area contributed by atoms with E-state index < -0.39 is 0 Å². The number of hydrogen-bond acceptors (Lipinski definition) is 3. The predicted molar refractivity (Wildman–Crippen MR) is 67.2 cm³/mol. The summed E-state index contributed by atoms with van der Waals surface area (Å²) in [6.07, 6.45) is 3.25. The van der Waals surface area contributed by atoms with Crippen molar-refractivity contribution in [2.75, 3.05) is 32.8 Å². The van der Waals surface area contributed by atoms with Gasteiger partial charge in [0.2, 0.25) is 5.91 Å². The van der Waals surface area contributed by atoms with Gasteiger partial charge in [0.1, 0.15) is 0 Å². The van der Waals surface area contributed by atoms with Gasteiger partial charge in [-0.1, -0.05) is 0 Å². The lowest BCUT2D eigenvalue weighted by Gasteiger charge is -2.38. The fourth-order valence-corrected chi connectivity index (χ4v) is 2.93. The molecule has 2 saturated heterocycles. The number of rotatable bonds is 3. The Kier molecular flexibility index (Phi) is 3.95. The Morgan fingerprint density at radius 3 is 3.06 bits per heavy atom. The van der Waals surface area contributed by atoms with Crippen molar-refractivity contribution in [2.45, 2.75) is 19.3 Å². The predicted octanol–water partition coefficient (Wildman–Crippen LogP) is 0.560. The quantitative estimate of drug-likeness (QED) is 0.780. The topological polar surface area (TPSA) is 50.4 Å². The van der Waals surface area contributed by atoms with E-state index in [0.29, 0.717) is 11.8 Å². The van der Waals surface area contributed by atoms with E-state index in [-0.39, 0.29) is 23.7 Å². The zero-order chi connectivity index (χ0) is 11.0. The first-order valence-corrected chi connectivity index (χ1v) is 6.36. The van der Waals surface area contributed by atoms with Crippen LogP contribution >= 0.6 is 12.4 Å². The Morgan fingerprint density at radius 1 is 1.47 bits per heavy atom. The van der Waals surface area contributed by atoms with Gasteiger partial charge in [-0.25, -0.2) is 0 Å². The molecule has 2 N–H and O–H groups in total. The van der Waals surface area contributed by atoms with E-state index in [1.807, 2.05) is 0 Å². The summed E-state index contributed by atoms with van der Waals surface area (Å²) in [5.74, 6) is 1.18. The van der Waals surface area contributed by atoms with E-state index in [4.69, 9.17) is 4.74 Å². The van der Waals surface area contributed by atoms with Crippen molar-refractivity contribution in [3.8, 4) is 0 Å². The van der Waals surface area contributed by atoms with Crippen LogP contribution in [0.2, 0.25) is 0 Å². The first kappa shape index (κ1) is 13.1. The van der Waals surface area contributed by atoms with Crippen molar-refractivity contribution >= 4 is 18.3 Å². The molecule has 1 amide bonds. The molecule has 2 heterocycles. The molecule has 3 fully saturated rings. The first-order chi connectivity index (χ1) is 7.80. The van der Waals surface area contributed by atoms with Crippen molar-refractivity contribution in [3.63, 3.8) is 0 Å². The SMILES string of the molecule is Cl.O=C(NCC12CCOCC1CNC2)C1CC1. The number of nitrogens with one attached hydrogen (secondary N) is 2. The molecule has 2 aliphatic heterocycles. The van der Waals surface area contributed by atoms with E-state index in [2.05, 4.69) is 10.6 Å². The molecule has 0 spiro atoms. The average molecular weight is 261 g/mol. The smallest absolute Gasteiger partial charge is 0.223 e. The van der Waals surface area contributed by atoms with Crippen LogP contribution in [0.25, 0.3) is 0 Å². The van der Waals surface area contributed by atoms with Gasteiger partial charge in [0.15, 0.2) is 0 Å². The van der Waals surface area contributed by atoms with Crippen molar-refractivity contribution in [1.29, 1.82) is 0 Å². The van der Waals surface area contributed by atoms with Gasteiger partial charge in [0.25, 0.3) is 0 Å². The summed E-state index contributed by atoms with van der Waals surface area (Å²) in [7, 11) is 0. The second-order valence-electron chi connectivity index (χ2n) is 5.51. The van der Waals surface area contributed by atoms with Gasteiger partial charge >= 0.3 is 0 Å². The molecular formula is C12H21ClN2O2. The molecule has 4 nitrogen and oxygen atoms in total. The van der Waals surface area contributed by atoms with E-state index >= 15 is 0 Å². The van der Waals surface area contributed by atoms with Gasteiger partial charge in [0, 0.05) is 43.5 Å². The number of ether oxygens (including phenoxy) is 1. The minimum atomic E-state index is 0. The molecule has 98 valence electrons. The molecule has 2 atom stereocenters. The standard InChI is InChI=1S/C12H20N2O2.ClH/c15-11(9-1-2-9)14-8-12-3-4-16-6-10(12)5-13-7-12;/h9-10,13H,1-8H2,(H,14,15);1H. The highest BCUT2D eigenvalue weighted by atomic mass is 35.5. The van der Waals surface area contributed by atoms with Gasteiger partial charge in [-0.2, -0.15) is 0 Å². The van der Waals surface area contributed by atoms with Crippen LogP contribution in [0.1, 0.15) is 19.3 Å². The fraction of sp³-hybridized carbons (Fsp3) is 0.917. The molecular weight excluding hydrogens is 240 g/mol. The monoisotopic (exact) mass is 260 g/mol. The molecule has 0 aromatic carbocycles. The van der Waals surface area contributed by atoms with E-state index in [1.54, 1.807) is 0 Å². The zero-order valence-corrected chi connectivity index (χ0v) is 10.9. The maximum absolute atomic E-state index is 11.7. The third-order valence-electron chi connectivity index (χ3n) is 4.36. The zero-order valence-electron chi connectivity index (χ0n) is 10.0. The molecule has 5 heteroatoms. The Bertz CT molecular complexity index is 296. The van der Waals surface area contributed by atoms with Crippen LogP contribution in [0, 0.1) is 17.3 Å². The van der Waals surface area contributed by atoms with Gasteiger partial charge < -0.3 is 15.4 Å². The molecule has 0 aromatic heterocycles. The fourth-order valence-electron chi connectivity index (χ4n) is 2.93. The summed E-state index contributed by atoms with van der Waals surface area (Å²) >= 11 is 0. The van der Waals surface area contributed by atoms with E-state index in [1.165, 1.54) is 0 Å². The van der Waals surface area contributed by atoms with Crippen molar-refractivity contribution in [3.05, 3.63) is 0 Å². The molecule has 0 radical (unpaired) electrons. The lowest BCUT2D eigenvalue weighted by Crippen LogP contribution is -2.47. The summed E-state index contributed by atoms with van der Waals surface area (Å²) in [4.78, 5) is 11.7. The van der Waals surface area contributed by atoms with Crippen molar-refractivity contribution < 1.29 is 9.53 Å². The number of carbonyl (C=O) groups is 1. The molecule has 1 saturated carbocycles. The summed E-state index contributed by atoms with van der Waals surface area (Å²) in [5, 5.41) is 6.58. The molecule has 3 aliphatic rings. The minimum absolute atomic E-state index is 0. The molecule has 0 aromatic rings. The summed E-state index contributed by atoms with van der Waals surface area (Å²) in [6, 6.07) is 0. The lowest BCUT2D eigenvalue weighted by molar-refractivity contribution is -0.123. The summed E-state index contributed by atoms with van der Waals surface area (Å²) in [6.45, 7) is 4.61. The maximum Gasteiger partial charge on any atom is 0.223 e. The van der Waals surface area contributed by atoms with Crippen LogP contribution in [0.3, 0.4) is 0 Å². The van der Waals surface area contributed by atoms with Gasteiger partial charge in [-0.3, -0.25) is 4.79 Å². The molecule has 17 heavy (non-hydrogen) atoms. The highest BCUT2D eigenvalue weighted by Crippen LogP contribution is 2.38. The van der Waals surface area contributed by atoms with Crippen molar-refractivity contribution in [2.24, 2.45) is 17.3 Å². The Morgan fingerprint density at radius 2 is 2.29 bits per heavy atom.